The second kappa shape index (κ2) is 7.05. The van der Waals surface area contributed by atoms with Crippen molar-refractivity contribution in [2.24, 2.45) is 0 Å². The molecule has 0 radical (unpaired) electrons. The maximum atomic E-state index is 12.7. The Balaban J connectivity index is 2.26. The number of benzene rings is 1. The first-order valence-electron chi connectivity index (χ1n) is 7.09. The Bertz CT molecular complexity index is 703. The van der Waals surface area contributed by atoms with Crippen LogP contribution >= 0.6 is 0 Å². The van der Waals surface area contributed by atoms with Crippen LogP contribution in [0.3, 0.4) is 0 Å². The fourth-order valence-corrected chi connectivity index (χ4v) is 4.31. The highest BCUT2D eigenvalue weighted by molar-refractivity contribution is 7.91. The lowest BCUT2D eigenvalue weighted by atomic mass is 10.1. The molecule has 9 heteroatoms. The Hall–Kier alpha value is -2.00. The standard InChI is InChI=1S/C14H18N2O6S/c1-22-7-6-15(13-5-8-23(20,21)10-13)14(17)11-3-2-4-12(9-11)16(18)19/h2-4,9,13H,5-8,10H2,1H3. The zero-order valence-corrected chi connectivity index (χ0v) is 13.5. The average Bonchev–Trinajstić information content (AvgIpc) is 2.87. The summed E-state index contributed by atoms with van der Waals surface area (Å²) in [6, 6.07) is 4.99. The number of nitrogens with zero attached hydrogens (tertiary/aromatic N) is 2. The third kappa shape index (κ3) is 4.26. The lowest BCUT2D eigenvalue weighted by Gasteiger charge is -2.28. The van der Waals surface area contributed by atoms with E-state index in [1.807, 2.05) is 0 Å². The Morgan fingerprint density at radius 2 is 2.22 bits per heavy atom. The molecule has 1 unspecified atom stereocenters. The van der Waals surface area contributed by atoms with E-state index in [0.29, 0.717) is 6.42 Å². The van der Waals surface area contributed by atoms with Gasteiger partial charge >= 0.3 is 0 Å². The van der Waals surface area contributed by atoms with Gasteiger partial charge in [-0.3, -0.25) is 14.9 Å². The molecule has 1 aromatic carbocycles. The lowest BCUT2D eigenvalue weighted by Crippen LogP contribution is -2.43. The van der Waals surface area contributed by atoms with E-state index in [1.54, 1.807) is 0 Å². The van der Waals surface area contributed by atoms with Gasteiger partial charge < -0.3 is 9.64 Å². The van der Waals surface area contributed by atoms with Crippen LogP contribution in [0.5, 0.6) is 0 Å². The van der Waals surface area contributed by atoms with Crippen LogP contribution in [0.1, 0.15) is 16.8 Å². The van der Waals surface area contributed by atoms with Crippen LogP contribution in [0.2, 0.25) is 0 Å². The minimum atomic E-state index is -3.15. The SMILES string of the molecule is COCCN(C(=O)c1cccc([N+](=O)[O-])c1)C1CCS(=O)(=O)C1. The van der Waals surface area contributed by atoms with E-state index in [-0.39, 0.29) is 35.9 Å². The molecule has 1 heterocycles. The number of hydrogen-bond donors (Lipinski definition) is 0. The van der Waals surface area contributed by atoms with E-state index >= 15 is 0 Å². The van der Waals surface area contributed by atoms with Gasteiger partial charge in [-0.2, -0.15) is 0 Å². The molecule has 0 aliphatic carbocycles. The maximum absolute atomic E-state index is 12.7. The van der Waals surface area contributed by atoms with Gasteiger partial charge in [0.1, 0.15) is 0 Å². The zero-order valence-electron chi connectivity index (χ0n) is 12.7. The molecular formula is C14H18N2O6S. The fraction of sp³-hybridized carbons (Fsp3) is 0.500. The normalized spacial score (nSPS) is 19.4. The summed E-state index contributed by atoms with van der Waals surface area (Å²) in [5.74, 6) is -0.464. The fourth-order valence-electron chi connectivity index (χ4n) is 2.58. The first-order chi connectivity index (χ1) is 10.8. The Morgan fingerprint density at radius 3 is 2.78 bits per heavy atom. The topological polar surface area (TPSA) is 107 Å². The third-order valence-electron chi connectivity index (χ3n) is 3.75. The number of carbonyl (C=O) groups excluding carboxylic acids is 1. The van der Waals surface area contributed by atoms with Gasteiger partial charge in [0.2, 0.25) is 0 Å². The Labute approximate surface area is 134 Å². The molecule has 23 heavy (non-hydrogen) atoms. The summed E-state index contributed by atoms with van der Waals surface area (Å²) in [6.07, 6.45) is 0.368. The third-order valence-corrected chi connectivity index (χ3v) is 5.50. The van der Waals surface area contributed by atoms with Gasteiger partial charge in [0, 0.05) is 37.4 Å². The van der Waals surface area contributed by atoms with Crippen molar-refractivity contribution in [3.8, 4) is 0 Å². The number of sulfone groups is 1. The molecule has 126 valence electrons. The number of methoxy groups -OCH3 is 1. The predicted molar refractivity (Wildman–Crippen MR) is 83.1 cm³/mol. The van der Waals surface area contributed by atoms with Gasteiger partial charge in [-0.1, -0.05) is 6.07 Å². The van der Waals surface area contributed by atoms with E-state index in [2.05, 4.69) is 0 Å². The van der Waals surface area contributed by atoms with E-state index in [0.717, 1.165) is 0 Å². The van der Waals surface area contributed by atoms with Crippen LogP contribution in [-0.4, -0.2) is 62.0 Å². The molecule has 1 aliphatic heterocycles. The van der Waals surface area contributed by atoms with Gasteiger partial charge in [-0.25, -0.2) is 8.42 Å². The summed E-state index contributed by atoms with van der Waals surface area (Å²) < 4.78 is 28.3. The zero-order chi connectivity index (χ0) is 17.0. The molecule has 8 nitrogen and oxygen atoms in total. The van der Waals surface area contributed by atoms with Crippen molar-refractivity contribution in [1.29, 1.82) is 0 Å². The van der Waals surface area contributed by atoms with Crippen molar-refractivity contribution >= 4 is 21.4 Å². The molecule has 1 aliphatic rings. The minimum absolute atomic E-state index is 0.0450. The van der Waals surface area contributed by atoms with Crippen LogP contribution in [0.25, 0.3) is 0 Å². The monoisotopic (exact) mass is 342 g/mol. The van der Waals surface area contributed by atoms with Crippen molar-refractivity contribution in [3.05, 3.63) is 39.9 Å². The van der Waals surface area contributed by atoms with Gasteiger partial charge in [0.15, 0.2) is 9.84 Å². The van der Waals surface area contributed by atoms with E-state index in [9.17, 15) is 23.3 Å². The molecule has 0 bridgehead atoms. The number of nitro benzene ring substituents is 1. The van der Waals surface area contributed by atoms with Crippen molar-refractivity contribution < 1.29 is 22.9 Å². The molecule has 0 aromatic heterocycles. The summed E-state index contributed by atoms with van der Waals surface area (Å²) in [5.41, 5.74) is -0.0128. The second-order valence-corrected chi connectivity index (χ2v) is 7.58. The molecule has 0 N–H and O–H groups in total. The largest absolute Gasteiger partial charge is 0.383 e. The van der Waals surface area contributed by atoms with E-state index in [1.165, 1.54) is 36.3 Å². The molecule has 1 fully saturated rings. The van der Waals surface area contributed by atoms with Gasteiger partial charge in [-0.05, 0) is 12.5 Å². The summed E-state index contributed by atoms with van der Waals surface area (Å²) in [4.78, 5) is 24.4. The number of amides is 1. The maximum Gasteiger partial charge on any atom is 0.270 e. The summed E-state index contributed by atoms with van der Waals surface area (Å²) in [6.45, 7) is 0.495. The predicted octanol–water partition coefficient (Wildman–Crippen LogP) is 0.870. The Kier molecular flexibility index (Phi) is 5.32. The van der Waals surface area contributed by atoms with Crippen molar-refractivity contribution in [3.63, 3.8) is 0 Å². The summed E-state index contributed by atoms with van der Waals surface area (Å²) >= 11 is 0. The van der Waals surface area contributed by atoms with E-state index in [4.69, 9.17) is 4.74 Å². The number of rotatable bonds is 6. The van der Waals surface area contributed by atoms with Crippen LogP contribution in [0, 0.1) is 10.1 Å². The van der Waals surface area contributed by atoms with Crippen molar-refractivity contribution in [1.82, 2.24) is 4.90 Å². The van der Waals surface area contributed by atoms with Gasteiger partial charge in [-0.15, -0.1) is 0 Å². The van der Waals surface area contributed by atoms with E-state index < -0.39 is 26.7 Å². The molecule has 1 atom stereocenters. The molecule has 1 amide bonds. The lowest BCUT2D eigenvalue weighted by molar-refractivity contribution is -0.384. The molecule has 1 saturated heterocycles. The van der Waals surface area contributed by atoms with Crippen LogP contribution in [0.15, 0.2) is 24.3 Å². The number of carbonyl (C=O) groups is 1. The number of nitro groups is 1. The highest BCUT2D eigenvalue weighted by Crippen LogP contribution is 2.21. The summed E-state index contributed by atoms with van der Waals surface area (Å²) in [7, 11) is -1.66. The minimum Gasteiger partial charge on any atom is -0.383 e. The number of hydrogen-bond acceptors (Lipinski definition) is 6. The Morgan fingerprint density at radius 1 is 1.48 bits per heavy atom. The second-order valence-electron chi connectivity index (χ2n) is 5.36. The molecular weight excluding hydrogens is 324 g/mol. The molecule has 0 spiro atoms. The number of ether oxygens (including phenoxy) is 1. The highest BCUT2D eigenvalue weighted by atomic mass is 32.2. The summed E-state index contributed by atoms with van der Waals surface area (Å²) in [5, 5.41) is 10.8. The molecule has 0 saturated carbocycles. The smallest absolute Gasteiger partial charge is 0.270 e. The van der Waals surface area contributed by atoms with Crippen molar-refractivity contribution in [2.45, 2.75) is 12.5 Å². The first kappa shape index (κ1) is 17.4. The van der Waals surface area contributed by atoms with Crippen LogP contribution < -0.4 is 0 Å². The highest BCUT2D eigenvalue weighted by Gasteiger charge is 2.35. The first-order valence-corrected chi connectivity index (χ1v) is 8.91. The quantitative estimate of drug-likeness (QED) is 0.561. The van der Waals surface area contributed by atoms with Gasteiger partial charge in [0.05, 0.1) is 23.0 Å². The van der Waals surface area contributed by atoms with Gasteiger partial charge in [0.25, 0.3) is 11.6 Å². The molecule has 1 aromatic rings. The molecule has 2 rings (SSSR count). The van der Waals surface area contributed by atoms with Crippen LogP contribution in [-0.2, 0) is 14.6 Å². The van der Waals surface area contributed by atoms with Crippen molar-refractivity contribution in [2.75, 3.05) is 31.8 Å². The number of non-ortho nitro benzene ring substituents is 1. The van der Waals surface area contributed by atoms with Crippen LogP contribution in [0.4, 0.5) is 5.69 Å². The average molecular weight is 342 g/mol.